The molecule has 0 aromatic heterocycles. The predicted octanol–water partition coefficient (Wildman–Crippen LogP) is 3.66. The number of nitrogens with two attached hydrogens (primary N) is 1. The number of rotatable bonds is 5. The first-order valence-electron chi connectivity index (χ1n) is 6.68. The van der Waals surface area contributed by atoms with Crippen LogP contribution >= 0.6 is 24.0 Å². The lowest BCUT2D eigenvalue weighted by Crippen LogP contribution is -2.23. The van der Waals surface area contributed by atoms with Crippen molar-refractivity contribution in [3.63, 3.8) is 0 Å². The minimum atomic E-state index is -0.516. The lowest BCUT2D eigenvalue weighted by molar-refractivity contribution is 0.185. The molecule has 23 heavy (non-hydrogen) atoms. The number of aliphatic imine (C=N–C) groups is 1. The van der Waals surface area contributed by atoms with Crippen molar-refractivity contribution in [1.82, 2.24) is 0 Å². The SMILES string of the molecule is COCc1ccccc1NC(N)=NCc1cc(F)ccc1F.I. The number of hydrogen-bond donors (Lipinski definition) is 2. The number of nitrogens with one attached hydrogen (secondary N) is 1. The van der Waals surface area contributed by atoms with Crippen molar-refractivity contribution in [3.05, 3.63) is 65.2 Å². The van der Waals surface area contributed by atoms with Gasteiger partial charge >= 0.3 is 0 Å². The number of halogens is 3. The van der Waals surface area contributed by atoms with Gasteiger partial charge in [0, 0.05) is 23.9 Å². The van der Waals surface area contributed by atoms with E-state index in [0.717, 1.165) is 29.4 Å². The van der Waals surface area contributed by atoms with E-state index in [2.05, 4.69) is 10.3 Å². The van der Waals surface area contributed by atoms with Crippen LogP contribution in [0.4, 0.5) is 14.5 Å². The second-order valence-corrected chi connectivity index (χ2v) is 4.65. The Kier molecular flexibility index (Phi) is 7.90. The van der Waals surface area contributed by atoms with Crippen molar-refractivity contribution < 1.29 is 13.5 Å². The molecule has 0 heterocycles. The van der Waals surface area contributed by atoms with Crippen molar-refractivity contribution >= 4 is 35.6 Å². The quantitative estimate of drug-likeness (QED) is 0.430. The average Bonchev–Trinajstić information content (AvgIpc) is 2.50. The molecule has 0 unspecified atom stereocenters. The summed E-state index contributed by atoms with van der Waals surface area (Å²) >= 11 is 0. The first-order valence-corrected chi connectivity index (χ1v) is 6.68. The van der Waals surface area contributed by atoms with Crippen LogP contribution in [0.2, 0.25) is 0 Å². The predicted molar refractivity (Wildman–Crippen MR) is 97.9 cm³/mol. The lowest BCUT2D eigenvalue weighted by Gasteiger charge is -2.11. The van der Waals surface area contributed by atoms with Crippen molar-refractivity contribution in [2.75, 3.05) is 12.4 Å². The molecule has 0 atom stereocenters. The van der Waals surface area contributed by atoms with E-state index in [1.807, 2.05) is 24.3 Å². The third-order valence-corrected chi connectivity index (χ3v) is 3.01. The Hall–Kier alpha value is -1.74. The molecule has 0 saturated heterocycles. The van der Waals surface area contributed by atoms with E-state index in [0.29, 0.717) is 6.61 Å². The molecule has 0 saturated carbocycles. The number of hydrogen-bond acceptors (Lipinski definition) is 2. The van der Waals surface area contributed by atoms with Crippen LogP contribution in [0, 0.1) is 11.6 Å². The maximum atomic E-state index is 13.5. The molecule has 0 radical (unpaired) electrons. The first-order chi connectivity index (χ1) is 10.6. The summed E-state index contributed by atoms with van der Waals surface area (Å²) in [6.45, 7) is 0.379. The second-order valence-electron chi connectivity index (χ2n) is 4.65. The zero-order valence-electron chi connectivity index (χ0n) is 12.6. The standard InChI is InChI=1S/C16H17F2N3O.HI/c1-22-10-11-4-2-3-5-15(11)21-16(19)20-9-12-8-13(17)6-7-14(12)18;/h2-8H,9-10H2,1H3,(H3,19,20,21);1H. The summed E-state index contributed by atoms with van der Waals surface area (Å²) in [6, 6.07) is 10.7. The van der Waals surface area contributed by atoms with Crippen molar-refractivity contribution in [1.29, 1.82) is 0 Å². The monoisotopic (exact) mass is 433 g/mol. The fourth-order valence-corrected chi connectivity index (χ4v) is 1.94. The Morgan fingerprint density at radius 1 is 1.17 bits per heavy atom. The minimum Gasteiger partial charge on any atom is -0.380 e. The molecule has 0 aliphatic carbocycles. The van der Waals surface area contributed by atoms with Gasteiger partial charge in [-0.05, 0) is 24.3 Å². The van der Waals surface area contributed by atoms with Gasteiger partial charge in [-0.1, -0.05) is 18.2 Å². The van der Waals surface area contributed by atoms with Gasteiger partial charge in [-0.2, -0.15) is 0 Å². The number of para-hydroxylation sites is 1. The van der Waals surface area contributed by atoms with Crippen LogP contribution in [-0.2, 0) is 17.9 Å². The van der Waals surface area contributed by atoms with Crippen LogP contribution in [0.1, 0.15) is 11.1 Å². The summed E-state index contributed by atoms with van der Waals surface area (Å²) in [5.41, 5.74) is 7.61. The average molecular weight is 433 g/mol. The van der Waals surface area contributed by atoms with Crippen molar-refractivity contribution in [3.8, 4) is 0 Å². The van der Waals surface area contributed by atoms with E-state index in [1.165, 1.54) is 0 Å². The van der Waals surface area contributed by atoms with Crippen LogP contribution in [0.5, 0.6) is 0 Å². The molecule has 2 aromatic carbocycles. The summed E-state index contributed by atoms with van der Waals surface area (Å²) < 4.78 is 31.7. The van der Waals surface area contributed by atoms with E-state index in [1.54, 1.807) is 7.11 Å². The van der Waals surface area contributed by atoms with Gasteiger partial charge in [0.15, 0.2) is 5.96 Å². The van der Waals surface area contributed by atoms with Gasteiger partial charge in [-0.15, -0.1) is 24.0 Å². The second kappa shape index (κ2) is 9.41. The molecule has 0 amide bonds. The third-order valence-electron chi connectivity index (χ3n) is 3.01. The van der Waals surface area contributed by atoms with Crippen molar-refractivity contribution in [2.45, 2.75) is 13.2 Å². The Morgan fingerprint density at radius 3 is 2.65 bits per heavy atom. The summed E-state index contributed by atoms with van der Waals surface area (Å²) in [4.78, 5) is 4.03. The van der Waals surface area contributed by atoms with E-state index in [9.17, 15) is 8.78 Å². The fraction of sp³-hybridized carbons (Fsp3) is 0.188. The summed E-state index contributed by atoms with van der Waals surface area (Å²) in [5.74, 6) is -0.909. The highest BCUT2D eigenvalue weighted by Crippen LogP contribution is 2.16. The Balaban J connectivity index is 0.00000264. The molecule has 2 aromatic rings. The Bertz CT molecular complexity index is 680. The zero-order valence-corrected chi connectivity index (χ0v) is 14.9. The zero-order chi connectivity index (χ0) is 15.9. The maximum absolute atomic E-state index is 13.5. The van der Waals surface area contributed by atoms with Gasteiger partial charge in [-0.3, -0.25) is 0 Å². The van der Waals surface area contributed by atoms with Gasteiger partial charge in [-0.25, -0.2) is 13.8 Å². The van der Waals surface area contributed by atoms with E-state index < -0.39 is 11.6 Å². The molecule has 4 nitrogen and oxygen atoms in total. The highest BCUT2D eigenvalue weighted by Gasteiger charge is 2.05. The summed E-state index contributed by atoms with van der Waals surface area (Å²) in [6.07, 6.45) is 0. The Labute approximate surface area is 150 Å². The van der Waals surface area contributed by atoms with Crippen molar-refractivity contribution in [2.24, 2.45) is 10.7 Å². The lowest BCUT2D eigenvalue weighted by atomic mass is 10.2. The molecule has 0 aliphatic heterocycles. The molecule has 3 N–H and O–H groups in total. The van der Waals surface area contributed by atoms with Gasteiger partial charge < -0.3 is 15.8 Å². The highest BCUT2D eigenvalue weighted by atomic mass is 127. The topological polar surface area (TPSA) is 59.6 Å². The number of methoxy groups -OCH3 is 1. The number of anilines is 1. The van der Waals surface area contributed by atoms with Crippen LogP contribution in [-0.4, -0.2) is 13.1 Å². The molecule has 124 valence electrons. The number of guanidine groups is 1. The van der Waals surface area contributed by atoms with E-state index in [-0.39, 0.29) is 42.0 Å². The van der Waals surface area contributed by atoms with Crippen LogP contribution < -0.4 is 11.1 Å². The number of ether oxygens (including phenoxy) is 1. The molecular formula is C16H18F2IN3O. The highest BCUT2D eigenvalue weighted by molar-refractivity contribution is 14.0. The fourth-order valence-electron chi connectivity index (χ4n) is 1.94. The molecular weight excluding hydrogens is 415 g/mol. The largest absolute Gasteiger partial charge is 0.380 e. The molecule has 0 spiro atoms. The van der Waals surface area contributed by atoms with Gasteiger partial charge in [0.1, 0.15) is 11.6 Å². The van der Waals surface area contributed by atoms with Crippen LogP contribution in [0.15, 0.2) is 47.5 Å². The molecule has 2 rings (SSSR count). The van der Waals surface area contributed by atoms with Crippen LogP contribution in [0.25, 0.3) is 0 Å². The van der Waals surface area contributed by atoms with Gasteiger partial charge in [0.25, 0.3) is 0 Å². The number of benzene rings is 2. The third kappa shape index (κ3) is 5.76. The molecule has 0 aliphatic rings. The first kappa shape index (κ1) is 19.3. The normalized spacial score (nSPS) is 11.0. The van der Waals surface area contributed by atoms with Crippen LogP contribution in [0.3, 0.4) is 0 Å². The summed E-state index contributed by atoms with van der Waals surface area (Å²) in [5, 5.41) is 2.93. The van der Waals surface area contributed by atoms with E-state index >= 15 is 0 Å². The number of nitrogens with zero attached hydrogens (tertiary/aromatic N) is 1. The molecule has 0 bridgehead atoms. The maximum Gasteiger partial charge on any atom is 0.193 e. The summed E-state index contributed by atoms with van der Waals surface area (Å²) in [7, 11) is 1.60. The smallest absolute Gasteiger partial charge is 0.193 e. The van der Waals surface area contributed by atoms with Gasteiger partial charge in [0.05, 0.1) is 13.2 Å². The minimum absolute atomic E-state index is 0. The molecule has 7 heteroatoms. The van der Waals surface area contributed by atoms with E-state index in [4.69, 9.17) is 10.5 Å². The molecule has 0 fully saturated rings. The Morgan fingerprint density at radius 2 is 1.91 bits per heavy atom. The van der Waals surface area contributed by atoms with Gasteiger partial charge in [0.2, 0.25) is 0 Å².